The second-order valence-corrected chi connectivity index (χ2v) is 5.87. The Balaban J connectivity index is 1.71. The lowest BCUT2D eigenvalue weighted by atomic mass is 10.1. The van der Waals surface area contributed by atoms with E-state index in [1.807, 2.05) is 24.3 Å². The van der Waals surface area contributed by atoms with Gasteiger partial charge in [-0.05, 0) is 30.5 Å². The van der Waals surface area contributed by atoms with E-state index in [-0.39, 0.29) is 0 Å². The second-order valence-electron chi connectivity index (χ2n) is 5.43. The normalized spacial score (nSPS) is 18.8. The lowest BCUT2D eigenvalue weighted by Crippen LogP contribution is -2.39. The maximum absolute atomic E-state index is 10.3. The van der Waals surface area contributed by atoms with Crippen molar-refractivity contribution in [2.45, 2.75) is 25.0 Å². The van der Waals surface area contributed by atoms with Gasteiger partial charge in [0.05, 0.1) is 25.4 Å². The average Bonchev–Trinajstić information content (AvgIpc) is 2.50. The largest absolute Gasteiger partial charge is 0.387 e. The molecule has 1 aromatic carbocycles. The Kier molecular flexibility index (Phi) is 6.93. The molecule has 1 aliphatic rings. The fourth-order valence-electron chi connectivity index (χ4n) is 2.59. The molecule has 118 valence electrons. The van der Waals surface area contributed by atoms with E-state index in [1.165, 1.54) is 0 Å². The van der Waals surface area contributed by atoms with Crippen molar-refractivity contribution in [2.24, 2.45) is 0 Å². The van der Waals surface area contributed by atoms with Crippen LogP contribution in [-0.4, -0.2) is 56.1 Å². The molecule has 0 spiro atoms. The van der Waals surface area contributed by atoms with Gasteiger partial charge < -0.3 is 19.5 Å². The summed E-state index contributed by atoms with van der Waals surface area (Å²) in [5, 5.41) is 11.0. The molecule has 1 N–H and O–H groups in total. The summed E-state index contributed by atoms with van der Waals surface area (Å²) in [5.74, 6) is 0. The highest BCUT2D eigenvalue weighted by Crippen LogP contribution is 2.20. The molecule has 1 unspecified atom stereocenters. The number of halogens is 1. The van der Waals surface area contributed by atoms with Crippen LogP contribution in [0.5, 0.6) is 0 Å². The molecule has 0 radical (unpaired) electrons. The van der Waals surface area contributed by atoms with E-state index in [0.717, 1.165) is 31.5 Å². The minimum atomic E-state index is -0.465. The monoisotopic (exact) mass is 313 g/mol. The number of piperidine rings is 1. The summed E-state index contributed by atoms with van der Waals surface area (Å²) < 4.78 is 10.7. The molecule has 5 heteroatoms. The molecular weight excluding hydrogens is 290 g/mol. The number of likely N-dealkylation sites (tertiary alicyclic amines) is 1. The number of benzene rings is 1. The van der Waals surface area contributed by atoms with Gasteiger partial charge in [-0.25, -0.2) is 0 Å². The zero-order valence-corrected chi connectivity index (χ0v) is 13.3. The molecule has 21 heavy (non-hydrogen) atoms. The number of ether oxygens (including phenoxy) is 2. The molecule has 1 atom stereocenters. The summed E-state index contributed by atoms with van der Waals surface area (Å²) in [6.07, 6.45) is 1.88. The summed E-state index contributed by atoms with van der Waals surface area (Å²) >= 11 is 5.86. The molecule has 1 aliphatic heterocycles. The molecule has 0 saturated carbocycles. The van der Waals surface area contributed by atoms with Crippen molar-refractivity contribution in [1.82, 2.24) is 4.90 Å². The van der Waals surface area contributed by atoms with Crippen molar-refractivity contribution < 1.29 is 14.6 Å². The van der Waals surface area contributed by atoms with Crippen molar-refractivity contribution in [3.8, 4) is 0 Å². The van der Waals surface area contributed by atoms with Gasteiger partial charge in [0.2, 0.25) is 0 Å². The third kappa shape index (κ3) is 5.57. The quantitative estimate of drug-likeness (QED) is 0.785. The van der Waals surface area contributed by atoms with E-state index >= 15 is 0 Å². The van der Waals surface area contributed by atoms with Gasteiger partial charge in [0.15, 0.2) is 0 Å². The van der Waals surface area contributed by atoms with Gasteiger partial charge in [0, 0.05) is 31.8 Å². The number of rotatable bonds is 7. The first-order valence-corrected chi connectivity index (χ1v) is 7.83. The molecular formula is C16H24ClNO3. The Bertz CT molecular complexity index is 404. The molecule has 2 rings (SSSR count). The van der Waals surface area contributed by atoms with Gasteiger partial charge in [-0.15, -0.1) is 0 Å². The summed E-state index contributed by atoms with van der Waals surface area (Å²) in [6, 6.07) is 7.40. The van der Waals surface area contributed by atoms with Gasteiger partial charge in [0.25, 0.3) is 0 Å². The maximum Gasteiger partial charge on any atom is 0.0916 e. The van der Waals surface area contributed by atoms with Crippen LogP contribution in [0.1, 0.15) is 24.5 Å². The molecule has 1 fully saturated rings. The summed E-state index contributed by atoms with van der Waals surface area (Å²) in [6.45, 7) is 3.89. The van der Waals surface area contributed by atoms with E-state index in [0.29, 0.717) is 30.9 Å². The topological polar surface area (TPSA) is 41.9 Å². The van der Waals surface area contributed by atoms with Gasteiger partial charge in [0.1, 0.15) is 0 Å². The fraction of sp³-hybridized carbons (Fsp3) is 0.625. The lowest BCUT2D eigenvalue weighted by molar-refractivity contribution is -0.0207. The van der Waals surface area contributed by atoms with Crippen LogP contribution in [0.15, 0.2) is 24.3 Å². The summed E-state index contributed by atoms with van der Waals surface area (Å²) in [4.78, 5) is 2.29. The minimum absolute atomic E-state index is 0.323. The van der Waals surface area contributed by atoms with Gasteiger partial charge in [-0.3, -0.25) is 0 Å². The first-order valence-electron chi connectivity index (χ1n) is 7.45. The third-order valence-electron chi connectivity index (χ3n) is 3.86. The van der Waals surface area contributed by atoms with Gasteiger partial charge >= 0.3 is 0 Å². The number of aliphatic hydroxyl groups excluding tert-OH is 1. The Morgan fingerprint density at radius 3 is 2.52 bits per heavy atom. The van der Waals surface area contributed by atoms with E-state index in [4.69, 9.17) is 21.1 Å². The number of hydrogen-bond acceptors (Lipinski definition) is 4. The van der Waals surface area contributed by atoms with Crippen LogP contribution in [0.4, 0.5) is 0 Å². The highest BCUT2D eigenvalue weighted by Gasteiger charge is 2.21. The number of methoxy groups -OCH3 is 1. The van der Waals surface area contributed by atoms with Gasteiger partial charge in [-0.2, -0.15) is 0 Å². The van der Waals surface area contributed by atoms with Crippen LogP contribution >= 0.6 is 11.6 Å². The molecule has 1 saturated heterocycles. The van der Waals surface area contributed by atoms with Crippen LogP contribution in [0.25, 0.3) is 0 Å². The highest BCUT2D eigenvalue weighted by molar-refractivity contribution is 6.30. The van der Waals surface area contributed by atoms with Crippen LogP contribution < -0.4 is 0 Å². The summed E-state index contributed by atoms with van der Waals surface area (Å²) in [7, 11) is 1.68. The minimum Gasteiger partial charge on any atom is -0.387 e. The lowest BCUT2D eigenvalue weighted by Gasteiger charge is -2.33. The maximum atomic E-state index is 10.3. The van der Waals surface area contributed by atoms with E-state index in [1.54, 1.807) is 7.11 Å². The fourth-order valence-corrected chi connectivity index (χ4v) is 2.72. The first-order chi connectivity index (χ1) is 10.2. The number of aliphatic hydroxyl groups is 1. The predicted molar refractivity (Wildman–Crippen MR) is 83.7 cm³/mol. The van der Waals surface area contributed by atoms with Crippen LogP contribution in [-0.2, 0) is 9.47 Å². The molecule has 0 bridgehead atoms. The summed E-state index contributed by atoms with van der Waals surface area (Å²) in [5.41, 5.74) is 0.915. The molecule has 0 aromatic heterocycles. The molecule has 1 aromatic rings. The Morgan fingerprint density at radius 1 is 1.24 bits per heavy atom. The third-order valence-corrected chi connectivity index (χ3v) is 4.11. The number of nitrogens with zero attached hydrogens (tertiary/aromatic N) is 1. The number of β-amino-alcohol motifs (C(OH)–C–C–N with tert-alkyl or cyclic N) is 1. The Labute approximate surface area is 131 Å². The zero-order chi connectivity index (χ0) is 15.1. The van der Waals surface area contributed by atoms with Crippen molar-refractivity contribution in [1.29, 1.82) is 0 Å². The smallest absolute Gasteiger partial charge is 0.0916 e. The van der Waals surface area contributed by atoms with Gasteiger partial charge in [-0.1, -0.05) is 23.7 Å². The zero-order valence-electron chi connectivity index (χ0n) is 12.5. The second kappa shape index (κ2) is 8.71. The van der Waals surface area contributed by atoms with Crippen molar-refractivity contribution in [3.05, 3.63) is 34.9 Å². The number of hydrogen-bond donors (Lipinski definition) is 1. The van der Waals surface area contributed by atoms with Crippen molar-refractivity contribution in [3.63, 3.8) is 0 Å². The predicted octanol–water partition coefficient (Wildman–Crippen LogP) is 2.50. The van der Waals surface area contributed by atoms with Crippen molar-refractivity contribution >= 4 is 11.6 Å². The van der Waals surface area contributed by atoms with Crippen LogP contribution in [0, 0.1) is 0 Å². The molecule has 1 heterocycles. The van der Waals surface area contributed by atoms with E-state index in [9.17, 15) is 5.11 Å². The van der Waals surface area contributed by atoms with E-state index in [2.05, 4.69) is 4.90 Å². The first kappa shape index (κ1) is 16.7. The standard InChI is InChI=1S/C16H24ClNO3/c1-20-10-11-21-15-6-8-18(9-7-15)12-16(19)13-2-4-14(17)5-3-13/h2-5,15-16,19H,6-12H2,1H3. The molecule has 0 aliphatic carbocycles. The Hall–Kier alpha value is -0.650. The Morgan fingerprint density at radius 2 is 1.90 bits per heavy atom. The highest BCUT2D eigenvalue weighted by atomic mass is 35.5. The van der Waals surface area contributed by atoms with E-state index < -0.39 is 6.10 Å². The van der Waals surface area contributed by atoms with Crippen LogP contribution in [0.2, 0.25) is 5.02 Å². The molecule has 0 amide bonds. The SMILES string of the molecule is COCCOC1CCN(CC(O)c2ccc(Cl)cc2)CC1. The van der Waals surface area contributed by atoms with Crippen molar-refractivity contribution in [2.75, 3.05) is 40.0 Å². The van der Waals surface area contributed by atoms with Crippen LogP contribution in [0.3, 0.4) is 0 Å². The average molecular weight is 314 g/mol. The molecule has 4 nitrogen and oxygen atoms in total.